The smallest absolute Gasteiger partial charge is 0.260 e. The van der Waals surface area contributed by atoms with Crippen LogP contribution in [0.25, 0.3) is 0 Å². The van der Waals surface area contributed by atoms with E-state index in [2.05, 4.69) is 28.0 Å². The van der Waals surface area contributed by atoms with E-state index in [-0.39, 0.29) is 29.7 Å². The second-order valence-corrected chi connectivity index (χ2v) is 15.0. The summed E-state index contributed by atoms with van der Waals surface area (Å²) in [5.74, 6) is -4.54. The van der Waals surface area contributed by atoms with Crippen LogP contribution in [0.5, 0.6) is 11.5 Å². The Labute approximate surface area is 309 Å². The number of phenolic OH excluding ortho intramolecular Hbond substituents is 1. The van der Waals surface area contributed by atoms with Crippen molar-refractivity contribution in [3.8, 4) is 11.5 Å². The van der Waals surface area contributed by atoms with Crippen LogP contribution in [0.15, 0.2) is 109 Å². The zero-order valence-corrected chi connectivity index (χ0v) is 30.2. The van der Waals surface area contributed by atoms with Gasteiger partial charge in [-0.1, -0.05) is 65.7 Å². The largest absolute Gasteiger partial charge is 0.504 e. The van der Waals surface area contributed by atoms with Gasteiger partial charge in [-0.2, -0.15) is 5.01 Å². The molecule has 0 bridgehead atoms. The maximum Gasteiger partial charge on any atom is 0.260 e. The van der Waals surface area contributed by atoms with Gasteiger partial charge in [0.25, 0.3) is 11.8 Å². The lowest BCUT2D eigenvalue weighted by atomic mass is 9.49. The molecule has 2 aliphatic carbocycles. The van der Waals surface area contributed by atoms with Gasteiger partial charge in [0, 0.05) is 9.49 Å². The molecule has 4 aromatic carbocycles. The van der Waals surface area contributed by atoms with Crippen LogP contribution in [0.3, 0.4) is 0 Å². The monoisotopic (exact) mass is 793 g/mol. The number of benzene rings is 4. The zero-order valence-electron chi connectivity index (χ0n) is 28.1. The lowest BCUT2D eigenvalue weighted by Gasteiger charge is -2.50. The summed E-state index contributed by atoms with van der Waals surface area (Å²) < 4.78 is 6.82. The van der Waals surface area contributed by atoms with Crippen molar-refractivity contribution in [3.05, 3.63) is 129 Å². The molecular weight excluding hydrogens is 757 g/mol. The number of ether oxygens (including phenoxy) is 1. The third-order valence-corrected chi connectivity index (χ3v) is 11.8. The Bertz CT molecular complexity index is 2100. The van der Waals surface area contributed by atoms with E-state index in [1.165, 1.54) is 4.90 Å². The summed E-state index contributed by atoms with van der Waals surface area (Å²) in [6, 6.07) is 29.2. The van der Waals surface area contributed by atoms with Crippen LogP contribution in [0.4, 0.5) is 11.4 Å². The van der Waals surface area contributed by atoms with Gasteiger partial charge in [-0.25, -0.2) is 0 Å². The minimum absolute atomic E-state index is 0.0443. The van der Waals surface area contributed by atoms with Gasteiger partial charge >= 0.3 is 0 Å². The number of carbonyl (C=O) groups excluding carboxylic acids is 4. The lowest BCUT2D eigenvalue weighted by molar-refractivity contribution is -0.138. The van der Waals surface area contributed by atoms with Crippen LogP contribution in [0.1, 0.15) is 42.4 Å². The number of carbonyl (C=O) groups is 4. The van der Waals surface area contributed by atoms with Gasteiger partial charge in [0.05, 0.1) is 41.2 Å². The Kier molecular flexibility index (Phi) is 8.24. The van der Waals surface area contributed by atoms with Crippen LogP contribution < -0.4 is 15.1 Å². The van der Waals surface area contributed by atoms with Crippen molar-refractivity contribution in [2.24, 2.45) is 23.7 Å². The topological polar surface area (TPSA) is 116 Å². The van der Waals surface area contributed by atoms with E-state index in [9.17, 15) is 19.5 Å². The third kappa shape index (κ3) is 5.09. The number of phenols is 1. The maximum absolute atomic E-state index is 15.3. The molecule has 10 heteroatoms. The Morgan fingerprint density at radius 1 is 0.882 bits per heavy atom. The van der Waals surface area contributed by atoms with E-state index in [4.69, 9.17) is 4.74 Å². The number of fused-ring (bicyclic) bond motifs is 4. The van der Waals surface area contributed by atoms with Crippen molar-refractivity contribution in [2.75, 3.05) is 16.9 Å². The zero-order chi connectivity index (χ0) is 35.6. The van der Waals surface area contributed by atoms with E-state index >= 15 is 4.79 Å². The summed E-state index contributed by atoms with van der Waals surface area (Å²) in [4.78, 5) is 59.9. The number of aryl methyl sites for hydroxylation is 1. The Hall–Kier alpha value is -4.97. The predicted octanol–water partition coefficient (Wildman–Crippen LogP) is 6.89. The molecule has 8 rings (SSSR count). The third-order valence-electron chi connectivity index (χ3n) is 11.1. The first kappa shape index (κ1) is 33.2. The average Bonchev–Trinajstić information content (AvgIpc) is 3.52. The predicted molar refractivity (Wildman–Crippen MR) is 200 cm³/mol. The standard InChI is InChI=1S/C41H36IN3O6/c1-3-51-34-21-24(11-20-33(34)46)36-29-18-19-30-35(39(49)44(37(30)47)28-16-12-26(42)13-17-28)31(29)22-32-38(48)45(43-27-14-9-23(2)10-15-27)40(50)41(32,36)25-7-5-4-6-8-25/h4-18,20-21,30-32,35-36,43,46H,3,19,22H2,1-2H3/t30-,31+,32-,35-,36-,41+/m0/s1. The summed E-state index contributed by atoms with van der Waals surface area (Å²) in [5, 5.41) is 11.9. The number of hydrazine groups is 1. The average molecular weight is 794 g/mol. The number of nitrogens with one attached hydrogen (secondary N) is 1. The molecule has 4 aromatic rings. The Morgan fingerprint density at radius 2 is 1.61 bits per heavy atom. The molecule has 0 spiro atoms. The molecule has 258 valence electrons. The van der Waals surface area contributed by atoms with Crippen molar-refractivity contribution < 1.29 is 29.0 Å². The summed E-state index contributed by atoms with van der Waals surface area (Å²) in [6.07, 6.45) is 2.55. The molecule has 3 fully saturated rings. The van der Waals surface area contributed by atoms with E-state index in [0.717, 1.165) is 19.7 Å². The molecule has 2 heterocycles. The maximum atomic E-state index is 15.3. The summed E-state index contributed by atoms with van der Waals surface area (Å²) in [5.41, 5.74) is 6.05. The number of nitrogens with zero attached hydrogens (tertiary/aromatic N) is 2. The Balaban J connectivity index is 1.32. The molecule has 9 nitrogen and oxygen atoms in total. The molecule has 1 saturated carbocycles. The van der Waals surface area contributed by atoms with Crippen molar-refractivity contribution >= 4 is 57.6 Å². The molecule has 2 saturated heterocycles. The van der Waals surface area contributed by atoms with Crippen molar-refractivity contribution in [1.82, 2.24) is 5.01 Å². The minimum Gasteiger partial charge on any atom is -0.504 e. The molecule has 2 N–H and O–H groups in total. The molecule has 4 amide bonds. The molecular formula is C41H36IN3O6. The fourth-order valence-corrected chi connectivity index (χ4v) is 9.31. The summed E-state index contributed by atoms with van der Waals surface area (Å²) in [6.45, 7) is 4.09. The first-order valence-electron chi connectivity index (χ1n) is 17.2. The van der Waals surface area contributed by atoms with Crippen molar-refractivity contribution in [2.45, 2.75) is 38.0 Å². The van der Waals surface area contributed by atoms with Gasteiger partial charge < -0.3 is 9.84 Å². The highest BCUT2D eigenvalue weighted by Gasteiger charge is 2.70. The van der Waals surface area contributed by atoms with Crippen LogP contribution in [0.2, 0.25) is 0 Å². The number of anilines is 2. The van der Waals surface area contributed by atoms with Crippen molar-refractivity contribution in [3.63, 3.8) is 0 Å². The molecule has 0 aromatic heterocycles. The van der Waals surface area contributed by atoms with Gasteiger partial charge in [-0.05, 0) is 115 Å². The highest BCUT2D eigenvalue weighted by Crippen LogP contribution is 2.64. The molecule has 4 aliphatic rings. The van der Waals surface area contributed by atoms with Gasteiger partial charge in [0.1, 0.15) is 0 Å². The number of aromatic hydroxyl groups is 1. The van der Waals surface area contributed by atoms with E-state index in [1.54, 1.807) is 30.3 Å². The molecule has 2 aliphatic heterocycles. The number of rotatable bonds is 7. The molecule has 51 heavy (non-hydrogen) atoms. The number of hydrogen-bond donors (Lipinski definition) is 2. The SMILES string of the molecule is CCOc1cc([C@H]2C3=CC[C@@H]4C(=O)N(c5ccc(I)cc5)C(=O)[C@@H]4[C@@H]3C[C@H]3C(=O)N(Nc4ccc(C)cc4)C(=O)[C@@]23c2ccccc2)ccc1O. The number of allylic oxidation sites excluding steroid dienone is 2. The van der Waals surface area contributed by atoms with Crippen LogP contribution in [0, 0.1) is 34.2 Å². The first-order chi connectivity index (χ1) is 24.6. The van der Waals surface area contributed by atoms with Gasteiger partial charge in [-0.3, -0.25) is 29.5 Å². The quantitative estimate of drug-likeness (QED) is 0.119. The van der Waals surface area contributed by atoms with E-state index in [0.29, 0.717) is 35.5 Å². The fraction of sp³-hybridized carbons (Fsp3) is 0.268. The van der Waals surface area contributed by atoms with Gasteiger partial charge in [0.15, 0.2) is 11.5 Å². The minimum atomic E-state index is -1.41. The van der Waals surface area contributed by atoms with E-state index in [1.807, 2.05) is 86.7 Å². The first-order valence-corrected chi connectivity index (χ1v) is 18.3. The second-order valence-electron chi connectivity index (χ2n) is 13.7. The lowest BCUT2D eigenvalue weighted by Crippen LogP contribution is -2.53. The van der Waals surface area contributed by atoms with Crippen LogP contribution >= 0.6 is 22.6 Å². The van der Waals surface area contributed by atoms with Crippen LogP contribution in [-0.2, 0) is 24.6 Å². The number of imide groups is 2. The number of amides is 4. The normalized spacial score (nSPS) is 26.8. The molecule has 0 radical (unpaired) electrons. The molecule has 0 unspecified atom stereocenters. The van der Waals surface area contributed by atoms with Gasteiger partial charge in [0.2, 0.25) is 11.8 Å². The van der Waals surface area contributed by atoms with Gasteiger partial charge in [-0.15, -0.1) is 0 Å². The summed E-state index contributed by atoms with van der Waals surface area (Å²) in [7, 11) is 0. The highest BCUT2D eigenvalue weighted by atomic mass is 127. The van der Waals surface area contributed by atoms with Crippen molar-refractivity contribution in [1.29, 1.82) is 0 Å². The number of hydrogen-bond acceptors (Lipinski definition) is 7. The number of halogens is 1. The highest BCUT2D eigenvalue weighted by molar-refractivity contribution is 14.1. The fourth-order valence-electron chi connectivity index (χ4n) is 8.95. The van der Waals surface area contributed by atoms with Crippen LogP contribution in [-0.4, -0.2) is 40.4 Å². The van der Waals surface area contributed by atoms with E-state index < -0.39 is 46.8 Å². The Morgan fingerprint density at radius 3 is 2.31 bits per heavy atom. The summed E-state index contributed by atoms with van der Waals surface area (Å²) >= 11 is 2.19. The molecule has 6 atom stereocenters. The second kappa shape index (κ2) is 12.7.